The molecule has 1 saturated heterocycles. The molecule has 1 aliphatic rings. The first-order chi connectivity index (χ1) is 15.8. The van der Waals surface area contributed by atoms with Crippen LogP contribution in [0.1, 0.15) is 41.0 Å². The number of carbonyl (C=O) groups is 3. The van der Waals surface area contributed by atoms with Gasteiger partial charge in [0.15, 0.2) is 0 Å². The molecule has 1 fully saturated rings. The number of aromatic nitrogens is 1. The number of hydrogen-bond acceptors (Lipinski definition) is 4. The predicted molar refractivity (Wildman–Crippen MR) is 127 cm³/mol. The Morgan fingerprint density at radius 2 is 1.82 bits per heavy atom. The fraction of sp³-hybridized carbons (Fsp3) is 0.320. The molecule has 8 nitrogen and oxygen atoms in total. The summed E-state index contributed by atoms with van der Waals surface area (Å²) in [6.45, 7) is 4.53. The van der Waals surface area contributed by atoms with E-state index in [-0.39, 0.29) is 17.8 Å². The van der Waals surface area contributed by atoms with E-state index in [2.05, 4.69) is 15.6 Å². The summed E-state index contributed by atoms with van der Waals surface area (Å²) in [4.78, 5) is 42.0. The van der Waals surface area contributed by atoms with Gasteiger partial charge in [-0.15, -0.1) is 0 Å². The van der Waals surface area contributed by atoms with Gasteiger partial charge in [0.25, 0.3) is 11.8 Å². The molecule has 8 heteroatoms. The lowest BCUT2D eigenvalue weighted by Crippen LogP contribution is -2.40. The topological polar surface area (TPSA) is 120 Å². The molecule has 0 atom stereocenters. The number of carbonyl (C=O) groups excluding carboxylic acids is 3. The lowest BCUT2D eigenvalue weighted by Gasteiger charge is -2.16. The van der Waals surface area contributed by atoms with Gasteiger partial charge in [0.1, 0.15) is 11.2 Å². The molecule has 5 N–H and O–H groups in total. The van der Waals surface area contributed by atoms with E-state index in [1.54, 1.807) is 13.8 Å². The Morgan fingerprint density at radius 1 is 1.06 bits per heavy atom. The van der Waals surface area contributed by atoms with Gasteiger partial charge in [-0.2, -0.15) is 0 Å². The fourth-order valence-corrected chi connectivity index (χ4v) is 4.18. The minimum atomic E-state index is -0.877. The minimum absolute atomic E-state index is 0.179. The number of rotatable bonds is 8. The van der Waals surface area contributed by atoms with Crippen LogP contribution < -0.4 is 16.4 Å². The first-order valence-electron chi connectivity index (χ1n) is 11.1. The molecule has 0 spiro atoms. The molecule has 172 valence electrons. The van der Waals surface area contributed by atoms with E-state index in [1.807, 2.05) is 48.5 Å². The van der Waals surface area contributed by atoms with Crippen LogP contribution in [0.2, 0.25) is 0 Å². The Balaban J connectivity index is 1.53. The van der Waals surface area contributed by atoms with Crippen LogP contribution in [-0.4, -0.2) is 46.4 Å². The number of H-pyrrole nitrogens is 1. The zero-order valence-corrected chi connectivity index (χ0v) is 18.9. The molecule has 2 aromatic carbocycles. The van der Waals surface area contributed by atoms with E-state index in [9.17, 15) is 14.4 Å². The van der Waals surface area contributed by atoms with E-state index >= 15 is 0 Å². The number of nitrogens with two attached hydrogens (primary N) is 1. The van der Waals surface area contributed by atoms with Crippen molar-refractivity contribution in [1.29, 1.82) is 0 Å². The van der Waals surface area contributed by atoms with Crippen LogP contribution >= 0.6 is 0 Å². The molecule has 33 heavy (non-hydrogen) atoms. The maximum Gasteiger partial charge on any atom is 0.325 e. The van der Waals surface area contributed by atoms with Gasteiger partial charge in [-0.3, -0.25) is 14.5 Å². The number of aromatic amines is 1. The van der Waals surface area contributed by atoms with Crippen LogP contribution in [0.15, 0.2) is 48.5 Å². The van der Waals surface area contributed by atoms with Gasteiger partial charge in [0, 0.05) is 24.0 Å². The van der Waals surface area contributed by atoms with Gasteiger partial charge < -0.3 is 21.4 Å². The Hall–Kier alpha value is -3.65. The third-order valence-electron chi connectivity index (χ3n) is 5.96. The summed E-state index contributed by atoms with van der Waals surface area (Å²) >= 11 is 0. The molecule has 3 aromatic rings. The van der Waals surface area contributed by atoms with Crippen LogP contribution in [0.25, 0.3) is 10.9 Å². The van der Waals surface area contributed by atoms with E-state index < -0.39 is 5.54 Å². The zero-order valence-electron chi connectivity index (χ0n) is 18.9. The van der Waals surface area contributed by atoms with Crippen LogP contribution in [0.4, 0.5) is 4.79 Å². The summed E-state index contributed by atoms with van der Waals surface area (Å²) < 4.78 is 0. The molecule has 4 amide bonds. The van der Waals surface area contributed by atoms with Gasteiger partial charge >= 0.3 is 6.03 Å². The van der Waals surface area contributed by atoms with Gasteiger partial charge in [-0.1, -0.05) is 36.4 Å². The van der Waals surface area contributed by atoms with Crippen molar-refractivity contribution in [2.75, 3.05) is 13.1 Å². The van der Waals surface area contributed by atoms with Crippen molar-refractivity contribution in [3.05, 3.63) is 70.9 Å². The highest BCUT2D eigenvalue weighted by molar-refractivity contribution is 6.06. The molecule has 4 rings (SSSR count). The van der Waals surface area contributed by atoms with E-state index in [0.717, 1.165) is 27.6 Å². The lowest BCUT2D eigenvalue weighted by molar-refractivity contribution is -0.130. The maximum atomic E-state index is 12.9. The second kappa shape index (κ2) is 9.07. The number of nitrogens with one attached hydrogen (secondary N) is 3. The predicted octanol–water partition coefficient (Wildman–Crippen LogP) is 2.47. The highest BCUT2D eigenvalue weighted by atomic mass is 16.2. The molecule has 0 radical (unpaired) electrons. The van der Waals surface area contributed by atoms with Crippen molar-refractivity contribution >= 4 is 28.7 Å². The summed E-state index contributed by atoms with van der Waals surface area (Å²) in [6.07, 6.45) is 1.08. The monoisotopic (exact) mass is 447 g/mol. The summed E-state index contributed by atoms with van der Waals surface area (Å²) in [5.74, 6) is -0.405. The van der Waals surface area contributed by atoms with E-state index in [1.165, 1.54) is 4.90 Å². The van der Waals surface area contributed by atoms with Gasteiger partial charge in [-0.05, 0) is 62.1 Å². The number of fused-ring (bicyclic) bond motifs is 1. The van der Waals surface area contributed by atoms with Crippen LogP contribution in [0.5, 0.6) is 0 Å². The molecule has 1 aliphatic heterocycles. The Morgan fingerprint density at radius 3 is 2.48 bits per heavy atom. The molecule has 2 heterocycles. The van der Waals surface area contributed by atoms with Crippen LogP contribution in [-0.2, 0) is 24.2 Å². The first kappa shape index (κ1) is 22.5. The quantitative estimate of drug-likeness (QED) is 0.397. The van der Waals surface area contributed by atoms with Crippen molar-refractivity contribution in [3.63, 3.8) is 0 Å². The molecule has 0 aliphatic carbocycles. The standard InChI is InChI=1S/C25H29N5O3/c1-25(2)23(32)30(24(33)29-25)13-11-16-8-9-20-19(14-16)18(10-12-26)21(28-20)22(31)27-15-17-6-4-3-5-7-17/h3-9,14,28H,10-13,15,26H2,1-2H3,(H,27,31)(H,29,33). The van der Waals surface area contributed by atoms with Gasteiger partial charge in [0.05, 0.1) is 0 Å². The van der Waals surface area contributed by atoms with Gasteiger partial charge in [0.2, 0.25) is 0 Å². The SMILES string of the molecule is CC1(C)NC(=O)N(CCc2ccc3[nH]c(C(=O)NCc4ccccc4)c(CCN)c3c2)C1=O. The third kappa shape index (κ3) is 4.61. The Bertz CT molecular complexity index is 1200. The second-order valence-electron chi connectivity index (χ2n) is 8.83. The molecule has 0 unspecified atom stereocenters. The highest BCUT2D eigenvalue weighted by Gasteiger charge is 2.43. The van der Waals surface area contributed by atoms with E-state index in [4.69, 9.17) is 5.73 Å². The smallest absolute Gasteiger partial charge is 0.325 e. The summed E-state index contributed by atoms with van der Waals surface area (Å²) in [6, 6.07) is 15.2. The largest absolute Gasteiger partial charge is 0.350 e. The number of amides is 4. The number of hydrogen-bond donors (Lipinski definition) is 4. The number of urea groups is 1. The van der Waals surface area contributed by atoms with Crippen molar-refractivity contribution in [2.45, 2.75) is 38.8 Å². The van der Waals surface area contributed by atoms with Crippen LogP contribution in [0, 0.1) is 0 Å². The normalized spacial score (nSPS) is 15.2. The summed E-state index contributed by atoms with van der Waals surface area (Å²) in [5, 5.41) is 6.60. The maximum absolute atomic E-state index is 12.9. The lowest BCUT2D eigenvalue weighted by atomic mass is 10.0. The molecular weight excluding hydrogens is 418 g/mol. The minimum Gasteiger partial charge on any atom is -0.350 e. The van der Waals surface area contributed by atoms with Crippen LogP contribution in [0.3, 0.4) is 0 Å². The van der Waals surface area contributed by atoms with Crippen molar-refractivity contribution in [3.8, 4) is 0 Å². The summed E-state index contributed by atoms with van der Waals surface area (Å²) in [7, 11) is 0. The Kier molecular flexibility index (Phi) is 6.20. The highest BCUT2D eigenvalue weighted by Crippen LogP contribution is 2.25. The average Bonchev–Trinajstić information content (AvgIpc) is 3.25. The summed E-state index contributed by atoms with van der Waals surface area (Å²) in [5.41, 5.74) is 9.20. The van der Waals surface area contributed by atoms with Crippen molar-refractivity contribution in [2.24, 2.45) is 5.73 Å². The fourth-order valence-electron chi connectivity index (χ4n) is 4.18. The molecule has 0 bridgehead atoms. The average molecular weight is 448 g/mol. The molecular formula is C25H29N5O3. The molecule has 0 saturated carbocycles. The Labute approximate surface area is 192 Å². The zero-order chi connectivity index (χ0) is 23.6. The number of imide groups is 1. The third-order valence-corrected chi connectivity index (χ3v) is 5.96. The first-order valence-corrected chi connectivity index (χ1v) is 11.1. The van der Waals surface area contributed by atoms with Gasteiger partial charge in [-0.25, -0.2) is 4.79 Å². The number of benzene rings is 2. The van der Waals surface area contributed by atoms with E-state index in [0.29, 0.717) is 38.2 Å². The van der Waals surface area contributed by atoms with Crippen molar-refractivity contribution in [1.82, 2.24) is 20.5 Å². The number of nitrogens with zero attached hydrogens (tertiary/aromatic N) is 1. The van der Waals surface area contributed by atoms with Crippen molar-refractivity contribution < 1.29 is 14.4 Å². The molecule has 1 aromatic heterocycles. The second-order valence-corrected chi connectivity index (χ2v) is 8.83.